The van der Waals surface area contributed by atoms with Gasteiger partial charge in [-0.2, -0.15) is 5.10 Å². The van der Waals surface area contributed by atoms with Crippen LogP contribution in [0.5, 0.6) is 0 Å². The lowest BCUT2D eigenvalue weighted by Gasteiger charge is -2.08. The third-order valence-corrected chi connectivity index (χ3v) is 3.22. The third kappa shape index (κ3) is 2.58. The standard InChI is InChI=1S/C13H16BrN3/c1-2-17-13(11(6-7-15)9-16-17)10-4-3-5-12(14)8-10/h3-5,8-9H,2,6-7,15H2,1H3. The zero-order chi connectivity index (χ0) is 12.3. The van der Waals surface area contributed by atoms with Crippen molar-refractivity contribution in [3.8, 4) is 11.3 Å². The zero-order valence-corrected chi connectivity index (χ0v) is 11.4. The lowest BCUT2D eigenvalue weighted by molar-refractivity contribution is 0.666. The van der Waals surface area contributed by atoms with Crippen LogP contribution in [0.1, 0.15) is 12.5 Å². The molecule has 0 unspecified atom stereocenters. The smallest absolute Gasteiger partial charge is 0.0714 e. The van der Waals surface area contributed by atoms with Crippen LogP contribution < -0.4 is 5.73 Å². The predicted octanol–water partition coefficient (Wildman–Crippen LogP) is 2.83. The van der Waals surface area contributed by atoms with Crippen LogP contribution in [0.15, 0.2) is 34.9 Å². The van der Waals surface area contributed by atoms with Gasteiger partial charge in [-0.3, -0.25) is 4.68 Å². The molecule has 0 saturated carbocycles. The number of aryl methyl sites for hydroxylation is 1. The largest absolute Gasteiger partial charge is 0.330 e. The van der Waals surface area contributed by atoms with Crippen molar-refractivity contribution in [1.82, 2.24) is 9.78 Å². The van der Waals surface area contributed by atoms with Crippen LogP contribution in [0.25, 0.3) is 11.3 Å². The molecule has 0 amide bonds. The average molecular weight is 294 g/mol. The van der Waals surface area contributed by atoms with Crippen LogP contribution in [0.4, 0.5) is 0 Å². The van der Waals surface area contributed by atoms with E-state index < -0.39 is 0 Å². The normalized spacial score (nSPS) is 10.8. The lowest BCUT2D eigenvalue weighted by Crippen LogP contribution is -2.05. The molecule has 0 atom stereocenters. The van der Waals surface area contributed by atoms with Gasteiger partial charge < -0.3 is 5.73 Å². The number of hydrogen-bond donors (Lipinski definition) is 1. The van der Waals surface area contributed by atoms with Crippen molar-refractivity contribution in [2.75, 3.05) is 6.54 Å². The number of aromatic nitrogens is 2. The summed E-state index contributed by atoms with van der Waals surface area (Å²) in [4.78, 5) is 0. The molecular weight excluding hydrogens is 278 g/mol. The molecule has 90 valence electrons. The summed E-state index contributed by atoms with van der Waals surface area (Å²) in [6.07, 6.45) is 2.79. The first-order valence-corrected chi connectivity index (χ1v) is 6.56. The van der Waals surface area contributed by atoms with Gasteiger partial charge in [-0.25, -0.2) is 0 Å². The Morgan fingerprint density at radius 3 is 2.88 bits per heavy atom. The molecule has 17 heavy (non-hydrogen) atoms. The van der Waals surface area contributed by atoms with Gasteiger partial charge in [-0.15, -0.1) is 0 Å². The van der Waals surface area contributed by atoms with Gasteiger partial charge in [-0.05, 0) is 37.6 Å². The Morgan fingerprint density at radius 1 is 1.41 bits per heavy atom. The molecule has 2 N–H and O–H groups in total. The van der Waals surface area contributed by atoms with Crippen molar-refractivity contribution < 1.29 is 0 Å². The Kier molecular flexibility index (Phi) is 3.97. The van der Waals surface area contributed by atoms with Crippen LogP contribution in [-0.4, -0.2) is 16.3 Å². The number of nitrogens with two attached hydrogens (primary N) is 1. The molecule has 0 saturated heterocycles. The molecule has 0 spiro atoms. The minimum atomic E-state index is 0.649. The molecule has 0 aliphatic carbocycles. The molecule has 0 fully saturated rings. The molecule has 1 aromatic heterocycles. The minimum absolute atomic E-state index is 0.649. The van der Waals surface area contributed by atoms with Crippen molar-refractivity contribution in [2.45, 2.75) is 19.9 Å². The highest BCUT2D eigenvalue weighted by Gasteiger charge is 2.11. The average Bonchev–Trinajstić information content (AvgIpc) is 2.72. The molecule has 0 aliphatic heterocycles. The Labute approximate surface area is 110 Å². The summed E-state index contributed by atoms with van der Waals surface area (Å²) in [5.74, 6) is 0. The van der Waals surface area contributed by atoms with E-state index in [0.717, 1.165) is 17.4 Å². The second-order valence-corrected chi connectivity index (χ2v) is 4.80. The maximum Gasteiger partial charge on any atom is 0.0714 e. The van der Waals surface area contributed by atoms with Gasteiger partial charge in [0.15, 0.2) is 0 Å². The van der Waals surface area contributed by atoms with Crippen LogP contribution in [0, 0.1) is 0 Å². The Balaban J connectivity index is 2.51. The van der Waals surface area contributed by atoms with E-state index in [1.54, 1.807) is 0 Å². The summed E-state index contributed by atoms with van der Waals surface area (Å²) in [5, 5.41) is 4.41. The number of rotatable bonds is 4. The van der Waals surface area contributed by atoms with E-state index in [4.69, 9.17) is 5.73 Å². The van der Waals surface area contributed by atoms with E-state index in [-0.39, 0.29) is 0 Å². The molecule has 1 heterocycles. The number of hydrogen-bond acceptors (Lipinski definition) is 2. The molecule has 0 bridgehead atoms. The molecule has 0 aliphatic rings. The highest BCUT2D eigenvalue weighted by Crippen LogP contribution is 2.26. The van der Waals surface area contributed by atoms with Gasteiger partial charge in [0.05, 0.1) is 11.9 Å². The monoisotopic (exact) mass is 293 g/mol. The first-order chi connectivity index (χ1) is 8.26. The second kappa shape index (κ2) is 5.47. The van der Waals surface area contributed by atoms with Crippen molar-refractivity contribution in [3.63, 3.8) is 0 Å². The van der Waals surface area contributed by atoms with E-state index in [0.29, 0.717) is 6.54 Å². The van der Waals surface area contributed by atoms with Gasteiger partial charge in [0, 0.05) is 16.6 Å². The lowest BCUT2D eigenvalue weighted by atomic mass is 10.1. The number of nitrogens with zero attached hydrogens (tertiary/aromatic N) is 2. The van der Waals surface area contributed by atoms with E-state index >= 15 is 0 Å². The molecule has 4 heteroatoms. The van der Waals surface area contributed by atoms with E-state index in [2.05, 4.69) is 40.1 Å². The maximum absolute atomic E-state index is 5.64. The molecule has 0 radical (unpaired) electrons. The Hall–Kier alpha value is -1.13. The van der Waals surface area contributed by atoms with E-state index in [9.17, 15) is 0 Å². The fourth-order valence-corrected chi connectivity index (χ4v) is 2.37. The van der Waals surface area contributed by atoms with Crippen molar-refractivity contribution >= 4 is 15.9 Å². The third-order valence-electron chi connectivity index (χ3n) is 2.73. The summed E-state index contributed by atoms with van der Waals surface area (Å²) in [5.41, 5.74) is 9.22. The summed E-state index contributed by atoms with van der Waals surface area (Å²) < 4.78 is 3.10. The minimum Gasteiger partial charge on any atom is -0.330 e. The molecule has 2 aromatic rings. The van der Waals surface area contributed by atoms with Gasteiger partial charge in [0.25, 0.3) is 0 Å². The van der Waals surface area contributed by atoms with E-state index in [1.807, 2.05) is 23.0 Å². The highest BCUT2D eigenvalue weighted by molar-refractivity contribution is 9.10. The second-order valence-electron chi connectivity index (χ2n) is 3.88. The van der Waals surface area contributed by atoms with Gasteiger partial charge in [0.2, 0.25) is 0 Å². The fourth-order valence-electron chi connectivity index (χ4n) is 1.97. The van der Waals surface area contributed by atoms with Crippen LogP contribution >= 0.6 is 15.9 Å². The molecular formula is C13H16BrN3. The first kappa shape index (κ1) is 12.3. The van der Waals surface area contributed by atoms with Gasteiger partial charge >= 0.3 is 0 Å². The number of halogens is 1. The number of benzene rings is 1. The van der Waals surface area contributed by atoms with Crippen molar-refractivity contribution in [1.29, 1.82) is 0 Å². The first-order valence-electron chi connectivity index (χ1n) is 5.77. The van der Waals surface area contributed by atoms with Crippen LogP contribution in [0.3, 0.4) is 0 Å². The summed E-state index contributed by atoms with van der Waals surface area (Å²) >= 11 is 3.50. The predicted molar refractivity (Wildman–Crippen MR) is 73.8 cm³/mol. The Morgan fingerprint density at radius 2 is 2.24 bits per heavy atom. The molecule has 3 nitrogen and oxygen atoms in total. The summed E-state index contributed by atoms with van der Waals surface area (Å²) in [7, 11) is 0. The van der Waals surface area contributed by atoms with Crippen molar-refractivity contribution in [3.05, 3.63) is 40.5 Å². The summed E-state index contributed by atoms with van der Waals surface area (Å²) in [6.45, 7) is 3.61. The van der Waals surface area contributed by atoms with Crippen LogP contribution in [0.2, 0.25) is 0 Å². The van der Waals surface area contributed by atoms with Gasteiger partial charge in [-0.1, -0.05) is 28.1 Å². The molecule has 2 rings (SSSR count). The SMILES string of the molecule is CCn1ncc(CCN)c1-c1cccc(Br)c1. The Bertz CT molecular complexity index is 505. The van der Waals surface area contributed by atoms with Gasteiger partial charge in [0.1, 0.15) is 0 Å². The topological polar surface area (TPSA) is 43.8 Å². The summed E-state index contributed by atoms with van der Waals surface area (Å²) in [6, 6.07) is 8.29. The van der Waals surface area contributed by atoms with E-state index in [1.165, 1.54) is 16.8 Å². The van der Waals surface area contributed by atoms with Crippen molar-refractivity contribution in [2.24, 2.45) is 5.73 Å². The molecule has 1 aromatic carbocycles. The highest BCUT2D eigenvalue weighted by atomic mass is 79.9. The maximum atomic E-state index is 5.64. The van der Waals surface area contributed by atoms with Crippen LogP contribution in [-0.2, 0) is 13.0 Å². The zero-order valence-electron chi connectivity index (χ0n) is 9.86. The quantitative estimate of drug-likeness (QED) is 0.942. The fraction of sp³-hybridized carbons (Fsp3) is 0.308.